The van der Waals surface area contributed by atoms with Crippen molar-refractivity contribution in [1.82, 2.24) is 14.6 Å². The summed E-state index contributed by atoms with van der Waals surface area (Å²) in [5.74, 6) is 0.986. The Hall–Kier alpha value is -2.57. The van der Waals surface area contributed by atoms with Gasteiger partial charge in [-0.25, -0.2) is 9.36 Å². The molecule has 0 saturated carbocycles. The topological polar surface area (TPSA) is 77.6 Å². The van der Waals surface area contributed by atoms with Crippen molar-refractivity contribution in [2.24, 2.45) is 5.92 Å². The van der Waals surface area contributed by atoms with E-state index in [4.69, 9.17) is 9.26 Å². The Morgan fingerprint density at radius 1 is 1.29 bits per heavy atom. The molecule has 0 bridgehead atoms. The molecule has 1 aromatic heterocycles. The second-order valence-corrected chi connectivity index (χ2v) is 6.15. The van der Waals surface area contributed by atoms with Crippen molar-refractivity contribution < 1.29 is 14.1 Å². The molecule has 128 valence electrons. The van der Waals surface area contributed by atoms with Gasteiger partial charge in [0.15, 0.2) is 5.82 Å². The van der Waals surface area contributed by atoms with Gasteiger partial charge in [0.1, 0.15) is 12.3 Å². The van der Waals surface area contributed by atoms with Crippen molar-refractivity contribution in [3.05, 3.63) is 34.8 Å². The van der Waals surface area contributed by atoms with Gasteiger partial charge in [0.05, 0.1) is 7.11 Å². The molecule has 1 saturated heterocycles. The Balaban J connectivity index is 1.79. The summed E-state index contributed by atoms with van der Waals surface area (Å²) in [7, 11) is 1.58. The van der Waals surface area contributed by atoms with Crippen LogP contribution in [0.15, 0.2) is 33.6 Å². The molecule has 0 N–H and O–H groups in total. The number of rotatable bonds is 4. The zero-order valence-corrected chi connectivity index (χ0v) is 13.9. The number of nitrogens with zero attached hydrogens (tertiary/aromatic N) is 3. The van der Waals surface area contributed by atoms with E-state index in [-0.39, 0.29) is 12.5 Å². The summed E-state index contributed by atoms with van der Waals surface area (Å²) >= 11 is 0. The fraction of sp³-hybridized carbons (Fsp3) is 0.471. The largest absolute Gasteiger partial charge is 0.497 e. The highest BCUT2D eigenvalue weighted by atomic mass is 16.5. The summed E-state index contributed by atoms with van der Waals surface area (Å²) in [6.07, 6.45) is 1.99. The molecule has 3 rings (SSSR count). The van der Waals surface area contributed by atoms with Gasteiger partial charge in [-0.1, -0.05) is 12.1 Å². The Bertz CT molecular complexity index is 755. The number of piperidine rings is 1. The van der Waals surface area contributed by atoms with Gasteiger partial charge < -0.3 is 9.64 Å². The van der Waals surface area contributed by atoms with Gasteiger partial charge in [-0.2, -0.15) is 0 Å². The van der Waals surface area contributed by atoms with E-state index in [0.717, 1.165) is 25.9 Å². The molecule has 1 aliphatic rings. The summed E-state index contributed by atoms with van der Waals surface area (Å²) in [5.41, 5.74) is 0.696. The van der Waals surface area contributed by atoms with E-state index in [9.17, 15) is 9.59 Å². The zero-order valence-electron chi connectivity index (χ0n) is 13.9. The van der Waals surface area contributed by atoms with E-state index in [0.29, 0.717) is 23.1 Å². The van der Waals surface area contributed by atoms with Gasteiger partial charge in [0, 0.05) is 18.7 Å². The minimum absolute atomic E-state index is 0.0575. The lowest BCUT2D eigenvalue weighted by Gasteiger charge is -2.30. The second kappa shape index (κ2) is 6.90. The van der Waals surface area contributed by atoms with Crippen LogP contribution in [0, 0.1) is 5.92 Å². The first-order chi connectivity index (χ1) is 11.6. The van der Waals surface area contributed by atoms with Crippen LogP contribution in [0.25, 0.3) is 11.4 Å². The van der Waals surface area contributed by atoms with E-state index >= 15 is 0 Å². The van der Waals surface area contributed by atoms with Crippen molar-refractivity contribution in [1.29, 1.82) is 0 Å². The highest BCUT2D eigenvalue weighted by molar-refractivity contribution is 5.76. The summed E-state index contributed by atoms with van der Waals surface area (Å²) in [6, 6.07) is 7.10. The first kappa shape index (κ1) is 16.3. The maximum Gasteiger partial charge on any atom is 0.442 e. The predicted molar refractivity (Wildman–Crippen MR) is 87.7 cm³/mol. The third-order valence-electron chi connectivity index (χ3n) is 4.46. The van der Waals surface area contributed by atoms with Gasteiger partial charge in [-0.3, -0.25) is 9.32 Å². The average molecular weight is 331 g/mol. The predicted octanol–water partition coefficient (Wildman–Crippen LogP) is 1.77. The molecule has 1 fully saturated rings. The molecule has 1 amide bonds. The van der Waals surface area contributed by atoms with Crippen LogP contribution in [0.1, 0.15) is 19.8 Å². The molecule has 1 aromatic carbocycles. The molecule has 2 heterocycles. The average Bonchev–Trinajstić information content (AvgIpc) is 2.96. The van der Waals surface area contributed by atoms with E-state index in [2.05, 4.69) is 12.1 Å². The summed E-state index contributed by atoms with van der Waals surface area (Å²) < 4.78 is 11.2. The summed E-state index contributed by atoms with van der Waals surface area (Å²) in [4.78, 5) is 26.2. The van der Waals surface area contributed by atoms with Crippen molar-refractivity contribution in [2.75, 3.05) is 20.2 Å². The molecule has 0 unspecified atom stereocenters. The normalized spacial score (nSPS) is 15.5. The molecule has 1 aliphatic heterocycles. The Kier molecular flexibility index (Phi) is 4.69. The van der Waals surface area contributed by atoms with Gasteiger partial charge in [0.25, 0.3) is 0 Å². The maximum absolute atomic E-state index is 12.5. The molecule has 2 aromatic rings. The molecule has 0 atom stereocenters. The number of benzene rings is 1. The number of likely N-dealkylation sites (tertiary alicyclic amines) is 1. The highest BCUT2D eigenvalue weighted by Gasteiger charge is 2.23. The standard InChI is InChI=1S/C17H21N3O4/c1-12-7-9-19(10-8-12)15(21)11-20-16(18-24-17(20)22)13-3-5-14(23-2)6-4-13/h3-6,12H,7-11H2,1-2H3. The SMILES string of the molecule is COc1ccc(-c2noc(=O)n2CC(=O)N2CCC(C)CC2)cc1. The number of methoxy groups -OCH3 is 1. The van der Waals surface area contributed by atoms with E-state index in [1.165, 1.54) is 4.57 Å². The maximum atomic E-state index is 12.5. The second-order valence-electron chi connectivity index (χ2n) is 6.15. The van der Waals surface area contributed by atoms with Crippen LogP contribution in [0.4, 0.5) is 0 Å². The van der Waals surface area contributed by atoms with Gasteiger partial charge in [0.2, 0.25) is 5.91 Å². The number of hydrogen-bond acceptors (Lipinski definition) is 5. The molecule has 7 nitrogen and oxygen atoms in total. The fourth-order valence-corrected chi connectivity index (χ4v) is 2.85. The number of carbonyl (C=O) groups is 1. The Morgan fingerprint density at radius 2 is 1.96 bits per heavy atom. The third-order valence-corrected chi connectivity index (χ3v) is 4.46. The molecule has 24 heavy (non-hydrogen) atoms. The number of amides is 1. The lowest BCUT2D eigenvalue weighted by atomic mass is 9.99. The van der Waals surface area contributed by atoms with E-state index < -0.39 is 5.76 Å². The van der Waals surface area contributed by atoms with Gasteiger partial charge in [-0.15, -0.1) is 0 Å². The Morgan fingerprint density at radius 3 is 2.58 bits per heavy atom. The molecular formula is C17H21N3O4. The fourth-order valence-electron chi connectivity index (χ4n) is 2.85. The molecule has 7 heteroatoms. The number of carbonyl (C=O) groups excluding carboxylic acids is 1. The van der Waals surface area contributed by atoms with Crippen molar-refractivity contribution in [3.8, 4) is 17.1 Å². The summed E-state index contributed by atoms with van der Waals surface area (Å²) in [6.45, 7) is 3.60. The number of aromatic nitrogens is 2. The first-order valence-corrected chi connectivity index (χ1v) is 8.07. The minimum Gasteiger partial charge on any atom is -0.497 e. The third kappa shape index (κ3) is 3.34. The minimum atomic E-state index is -0.625. The van der Waals surface area contributed by atoms with Gasteiger partial charge >= 0.3 is 5.76 Å². The van der Waals surface area contributed by atoms with E-state index in [1.54, 1.807) is 36.3 Å². The van der Waals surface area contributed by atoms with Crippen molar-refractivity contribution in [3.63, 3.8) is 0 Å². The lowest BCUT2D eigenvalue weighted by Crippen LogP contribution is -2.40. The highest BCUT2D eigenvalue weighted by Crippen LogP contribution is 2.21. The van der Waals surface area contributed by atoms with Crippen LogP contribution in [0.2, 0.25) is 0 Å². The summed E-state index contributed by atoms with van der Waals surface area (Å²) in [5, 5.41) is 3.82. The Labute approximate surface area is 139 Å². The first-order valence-electron chi connectivity index (χ1n) is 8.07. The van der Waals surface area contributed by atoms with Crippen LogP contribution >= 0.6 is 0 Å². The number of hydrogen-bond donors (Lipinski definition) is 0. The molecule has 0 radical (unpaired) electrons. The van der Waals surface area contributed by atoms with Crippen LogP contribution in [0.5, 0.6) is 5.75 Å². The molecule has 0 aliphatic carbocycles. The lowest BCUT2D eigenvalue weighted by molar-refractivity contribution is -0.133. The molecular weight excluding hydrogens is 310 g/mol. The number of ether oxygens (including phenoxy) is 1. The zero-order chi connectivity index (χ0) is 17.1. The van der Waals surface area contributed by atoms with Crippen LogP contribution in [-0.4, -0.2) is 40.7 Å². The van der Waals surface area contributed by atoms with Crippen molar-refractivity contribution >= 4 is 5.91 Å². The smallest absolute Gasteiger partial charge is 0.442 e. The van der Waals surface area contributed by atoms with Gasteiger partial charge in [-0.05, 0) is 43.0 Å². The quantitative estimate of drug-likeness (QED) is 0.853. The van der Waals surface area contributed by atoms with Crippen molar-refractivity contribution in [2.45, 2.75) is 26.3 Å². The molecule has 0 spiro atoms. The van der Waals surface area contributed by atoms with Crippen LogP contribution < -0.4 is 10.5 Å². The monoisotopic (exact) mass is 331 g/mol. The van der Waals surface area contributed by atoms with Crippen LogP contribution in [0.3, 0.4) is 0 Å². The van der Waals surface area contributed by atoms with Crippen LogP contribution in [-0.2, 0) is 11.3 Å². The van der Waals surface area contributed by atoms with E-state index in [1.807, 2.05) is 0 Å².